The number of carbonyl (C=O) groups is 3. The zero-order chi connectivity index (χ0) is 26.0. The van der Waals surface area contributed by atoms with E-state index in [-0.39, 0.29) is 29.1 Å². The molecule has 11 nitrogen and oxygen atoms in total. The van der Waals surface area contributed by atoms with Crippen LogP contribution in [0.5, 0.6) is 0 Å². The van der Waals surface area contributed by atoms with Crippen LogP contribution in [-0.2, 0) is 27.7 Å². The van der Waals surface area contributed by atoms with Gasteiger partial charge in [0.05, 0.1) is 23.7 Å². The monoisotopic (exact) mass is 535 g/mol. The van der Waals surface area contributed by atoms with Crippen molar-refractivity contribution >= 4 is 44.2 Å². The number of likely N-dealkylation sites (N-methyl/N-ethyl adjacent to an activating group) is 1. The quantitative estimate of drug-likeness (QED) is 0.593. The number of hydrogen-bond acceptors (Lipinski definition) is 8. The number of urea groups is 1. The molecule has 1 aromatic carbocycles. The topological polar surface area (TPSA) is 128 Å². The second-order valence-electron chi connectivity index (χ2n) is 8.84. The van der Waals surface area contributed by atoms with Gasteiger partial charge >= 0.3 is 6.03 Å². The van der Waals surface area contributed by atoms with E-state index in [0.29, 0.717) is 31.2 Å². The third kappa shape index (κ3) is 5.44. The Morgan fingerprint density at radius 1 is 1.03 bits per heavy atom. The minimum absolute atomic E-state index is 0.0952. The molecule has 3 heterocycles. The van der Waals surface area contributed by atoms with Crippen LogP contribution in [0.25, 0.3) is 0 Å². The smallest absolute Gasteiger partial charge is 0.323 e. The van der Waals surface area contributed by atoms with Crippen LogP contribution in [0.4, 0.5) is 9.80 Å². The summed E-state index contributed by atoms with van der Waals surface area (Å²) < 4.78 is 32.3. The highest BCUT2D eigenvalue weighted by Crippen LogP contribution is 2.37. The van der Waals surface area contributed by atoms with Gasteiger partial charge in [-0.3, -0.25) is 14.9 Å². The van der Waals surface area contributed by atoms with Gasteiger partial charge in [-0.05, 0) is 43.3 Å². The lowest BCUT2D eigenvalue weighted by Crippen LogP contribution is -2.40. The lowest BCUT2D eigenvalue weighted by Gasteiger charge is -2.26. The Morgan fingerprint density at radius 2 is 1.69 bits per heavy atom. The molecule has 194 valence electrons. The summed E-state index contributed by atoms with van der Waals surface area (Å²) in [5, 5.41) is 5.52. The number of carbonyl (C=O) groups excluding carboxylic acids is 3. The number of nitrogens with one attached hydrogen (secondary N) is 2. The number of hydrogen-bond donors (Lipinski definition) is 2. The lowest BCUT2D eigenvalue weighted by atomic mass is 10.0. The van der Waals surface area contributed by atoms with E-state index in [1.54, 1.807) is 0 Å². The van der Waals surface area contributed by atoms with Crippen LogP contribution in [0.2, 0.25) is 0 Å². The maximum absolute atomic E-state index is 13.1. The molecule has 1 aromatic heterocycles. The number of amides is 4. The molecule has 4 amide bonds. The standard InChI is InChI=1S/C23H29N5O6S2/c1-26(2)23(31)25-21(30)19-17-8-9-27(3)14-18(17)35-22(19)24-20(29)15-4-6-16(7-5-15)36(32,33)28-10-12-34-13-11-28/h4-7H,8-14H2,1-3H3,(H,24,29)(H,25,30,31). The first-order chi connectivity index (χ1) is 17.1. The Labute approximate surface area is 214 Å². The van der Waals surface area contributed by atoms with E-state index in [2.05, 4.69) is 15.5 Å². The highest BCUT2D eigenvalue weighted by atomic mass is 32.2. The van der Waals surface area contributed by atoms with E-state index in [0.717, 1.165) is 17.0 Å². The Hall–Kier alpha value is -2.84. The summed E-state index contributed by atoms with van der Waals surface area (Å²) in [6, 6.07) is 5.13. The maximum Gasteiger partial charge on any atom is 0.323 e. The van der Waals surface area contributed by atoms with E-state index in [1.807, 2.05) is 7.05 Å². The first-order valence-corrected chi connectivity index (χ1v) is 13.7. The van der Waals surface area contributed by atoms with E-state index >= 15 is 0 Å². The number of anilines is 1. The molecule has 0 atom stereocenters. The number of ether oxygens (including phenoxy) is 1. The van der Waals surface area contributed by atoms with Crippen LogP contribution < -0.4 is 10.6 Å². The number of morpholine rings is 1. The van der Waals surface area contributed by atoms with Crippen molar-refractivity contribution in [2.24, 2.45) is 0 Å². The first kappa shape index (κ1) is 26.2. The van der Waals surface area contributed by atoms with Crippen molar-refractivity contribution in [1.29, 1.82) is 0 Å². The second kappa shape index (κ2) is 10.6. The minimum atomic E-state index is -3.68. The molecule has 0 spiro atoms. The molecule has 36 heavy (non-hydrogen) atoms. The fourth-order valence-corrected chi connectivity index (χ4v) is 6.75. The van der Waals surface area contributed by atoms with Crippen molar-refractivity contribution < 1.29 is 27.5 Å². The van der Waals surface area contributed by atoms with Crippen LogP contribution in [0, 0.1) is 0 Å². The van der Waals surface area contributed by atoms with Gasteiger partial charge in [0, 0.05) is 50.7 Å². The van der Waals surface area contributed by atoms with Crippen LogP contribution in [-0.4, -0.2) is 94.4 Å². The summed E-state index contributed by atoms with van der Waals surface area (Å²) in [6.07, 6.45) is 0.616. The zero-order valence-electron chi connectivity index (χ0n) is 20.4. The molecule has 2 aromatic rings. The van der Waals surface area contributed by atoms with E-state index in [9.17, 15) is 22.8 Å². The van der Waals surface area contributed by atoms with Gasteiger partial charge in [-0.1, -0.05) is 0 Å². The molecule has 0 bridgehead atoms. The minimum Gasteiger partial charge on any atom is -0.379 e. The molecular formula is C23H29N5O6S2. The fraction of sp³-hybridized carbons (Fsp3) is 0.435. The Morgan fingerprint density at radius 3 is 2.33 bits per heavy atom. The Balaban J connectivity index is 1.57. The summed E-state index contributed by atoms with van der Waals surface area (Å²) in [6.45, 7) is 2.63. The first-order valence-electron chi connectivity index (χ1n) is 11.4. The number of rotatable bonds is 5. The van der Waals surface area contributed by atoms with Crippen LogP contribution in [0.15, 0.2) is 29.2 Å². The largest absolute Gasteiger partial charge is 0.379 e. The van der Waals surface area contributed by atoms with Gasteiger partial charge in [0.25, 0.3) is 11.8 Å². The van der Waals surface area contributed by atoms with Gasteiger partial charge in [0.1, 0.15) is 5.00 Å². The molecular weight excluding hydrogens is 506 g/mol. The number of thiophene rings is 1. The molecule has 4 rings (SSSR count). The summed E-state index contributed by atoms with van der Waals surface area (Å²) in [4.78, 5) is 42.6. The third-order valence-electron chi connectivity index (χ3n) is 6.05. The second-order valence-corrected chi connectivity index (χ2v) is 11.9. The molecule has 1 saturated heterocycles. The number of imide groups is 1. The average molecular weight is 536 g/mol. The molecule has 13 heteroatoms. The molecule has 2 aliphatic rings. The fourth-order valence-electron chi connectivity index (χ4n) is 4.02. The molecule has 2 aliphatic heterocycles. The number of sulfonamides is 1. The van der Waals surface area contributed by atoms with Crippen molar-refractivity contribution in [3.8, 4) is 0 Å². The van der Waals surface area contributed by atoms with Crippen LogP contribution in [0.1, 0.15) is 31.2 Å². The average Bonchev–Trinajstić information content (AvgIpc) is 3.21. The van der Waals surface area contributed by atoms with Crippen molar-refractivity contribution in [3.05, 3.63) is 45.8 Å². The Kier molecular flexibility index (Phi) is 7.76. The van der Waals surface area contributed by atoms with E-state index < -0.39 is 27.9 Å². The third-order valence-corrected chi connectivity index (χ3v) is 9.10. The lowest BCUT2D eigenvalue weighted by molar-refractivity contribution is 0.0730. The van der Waals surface area contributed by atoms with Crippen LogP contribution >= 0.6 is 11.3 Å². The SMILES string of the molecule is CN1CCc2c(sc(NC(=O)c3ccc(S(=O)(=O)N4CCOCC4)cc3)c2C(=O)NC(=O)N(C)C)C1. The molecule has 2 N–H and O–H groups in total. The van der Waals surface area contributed by atoms with E-state index in [4.69, 9.17) is 4.74 Å². The summed E-state index contributed by atoms with van der Waals surface area (Å²) in [5.41, 5.74) is 1.36. The highest BCUT2D eigenvalue weighted by molar-refractivity contribution is 7.89. The predicted molar refractivity (Wildman–Crippen MR) is 135 cm³/mol. The van der Waals surface area contributed by atoms with Crippen molar-refractivity contribution in [2.45, 2.75) is 17.9 Å². The molecule has 0 aliphatic carbocycles. The van der Waals surface area contributed by atoms with Gasteiger partial charge in [0.15, 0.2) is 0 Å². The predicted octanol–water partition coefficient (Wildman–Crippen LogP) is 1.42. The number of benzene rings is 1. The molecule has 0 saturated carbocycles. The molecule has 0 radical (unpaired) electrons. The van der Waals surface area contributed by atoms with Gasteiger partial charge < -0.3 is 19.9 Å². The van der Waals surface area contributed by atoms with E-state index in [1.165, 1.54) is 58.9 Å². The Bertz CT molecular complexity index is 1270. The highest BCUT2D eigenvalue weighted by Gasteiger charge is 2.30. The summed E-state index contributed by atoms with van der Waals surface area (Å²) >= 11 is 1.30. The number of nitrogens with zero attached hydrogens (tertiary/aromatic N) is 3. The van der Waals surface area contributed by atoms with Crippen molar-refractivity contribution in [2.75, 3.05) is 59.3 Å². The van der Waals surface area contributed by atoms with Crippen molar-refractivity contribution in [1.82, 2.24) is 19.4 Å². The van der Waals surface area contributed by atoms with Gasteiger partial charge in [0.2, 0.25) is 10.0 Å². The summed E-state index contributed by atoms with van der Waals surface area (Å²) in [7, 11) is 1.37. The molecule has 0 unspecified atom stereocenters. The van der Waals surface area contributed by atoms with Gasteiger partial charge in [-0.25, -0.2) is 13.2 Å². The summed E-state index contributed by atoms with van der Waals surface area (Å²) in [5.74, 6) is -1.05. The zero-order valence-corrected chi connectivity index (χ0v) is 22.0. The van der Waals surface area contributed by atoms with Crippen molar-refractivity contribution in [3.63, 3.8) is 0 Å². The number of fused-ring (bicyclic) bond motifs is 1. The van der Waals surface area contributed by atoms with Crippen LogP contribution in [0.3, 0.4) is 0 Å². The molecule has 1 fully saturated rings. The van der Waals surface area contributed by atoms with Gasteiger partial charge in [-0.15, -0.1) is 11.3 Å². The maximum atomic E-state index is 13.1. The van der Waals surface area contributed by atoms with Gasteiger partial charge in [-0.2, -0.15) is 4.31 Å². The normalized spacial score (nSPS) is 16.8.